The first-order chi connectivity index (χ1) is 17.5. The minimum atomic E-state index is -0.911. The topological polar surface area (TPSA) is 49.7 Å². The van der Waals surface area contributed by atoms with Crippen LogP contribution in [0, 0.1) is 11.6 Å². The molecule has 1 aliphatic heterocycles. The molecule has 2 aromatic carbocycles. The maximum absolute atomic E-state index is 14.4. The van der Waals surface area contributed by atoms with Crippen LogP contribution in [0.1, 0.15) is 73.1 Å². The molecule has 4 rings (SSSR count). The third-order valence-electron chi connectivity index (χ3n) is 7.04. The molecule has 2 heterocycles. The fraction of sp³-hybridized carbons (Fsp3) is 0.414. The van der Waals surface area contributed by atoms with Crippen molar-refractivity contribution in [2.75, 3.05) is 0 Å². The van der Waals surface area contributed by atoms with Crippen LogP contribution in [0.4, 0.5) is 13.6 Å². The highest BCUT2D eigenvalue weighted by Crippen LogP contribution is 2.45. The Morgan fingerprint density at radius 3 is 2.13 bits per heavy atom. The second kappa shape index (κ2) is 9.81. The van der Waals surface area contributed by atoms with Crippen LogP contribution in [0.15, 0.2) is 42.5 Å². The van der Waals surface area contributed by atoms with E-state index < -0.39 is 41.6 Å². The molecule has 1 fully saturated rings. The SMILES string of the molecule is CC/C(=C(/B1OC(C)(C)C(C)(C)O1)c1cc2ccc(F)cc2n1C(=O)OC(C)(C)C)c1ccc(F)cc1Cl. The van der Waals surface area contributed by atoms with Gasteiger partial charge in [0.15, 0.2) is 0 Å². The first-order valence-electron chi connectivity index (χ1n) is 12.6. The van der Waals surface area contributed by atoms with Gasteiger partial charge in [-0.15, -0.1) is 0 Å². The number of carbonyl (C=O) groups excluding carboxylic acids is 1. The number of benzene rings is 2. The Kier molecular flexibility index (Phi) is 7.32. The summed E-state index contributed by atoms with van der Waals surface area (Å²) in [6.07, 6.45) is -0.225. The molecule has 0 spiro atoms. The molecule has 38 heavy (non-hydrogen) atoms. The largest absolute Gasteiger partial charge is 0.497 e. The lowest BCUT2D eigenvalue weighted by molar-refractivity contribution is 0.00578. The van der Waals surface area contributed by atoms with Crippen molar-refractivity contribution >= 4 is 46.8 Å². The van der Waals surface area contributed by atoms with Crippen molar-refractivity contribution in [1.82, 2.24) is 4.57 Å². The van der Waals surface area contributed by atoms with Crippen molar-refractivity contribution in [3.8, 4) is 0 Å². The molecule has 5 nitrogen and oxygen atoms in total. The lowest BCUT2D eigenvalue weighted by Gasteiger charge is -2.32. The van der Waals surface area contributed by atoms with Gasteiger partial charge in [-0.1, -0.05) is 24.6 Å². The molecule has 0 bridgehead atoms. The van der Waals surface area contributed by atoms with Crippen molar-refractivity contribution in [2.45, 2.75) is 78.6 Å². The van der Waals surface area contributed by atoms with Crippen LogP contribution in [0.2, 0.25) is 5.02 Å². The maximum Gasteiger partial charge on any atom is 0.497 e. The fourth-order valence-corrected chi connectivity index (χ4v) is 4.80. The van der Waals surface area contributed by atoms with Crippen LogP contribution in [-0.2, 0) is 14.0 Å². The lowest BCUT2D eigenvalue weighted by atomic mass is 9.71. The zero-order chi connectivity index (χ0) is 28.2. The summed E-state index contributed by atoms with van der Waals surface area (Å²) in [5.41, 5.74) is 0.364. The van der Waals surface area contributed by atoms with E-state index in [2.05, 4.69) is 0 Å². The van der Waals surface area contributed by atoms with Crippen LogP contribution in [-0.4, -0.2) is 34.6 Å². The van der Waals surface area contributed by atoms with E-state index in [0.717, 1.165) is 0 Å². The highest BCUT2D eigenvalue weighted by molar-refractivity contribution is 6.71. The third kappa shape index (κ3) is 5.26. The fourth-order valence-electron chi connectivity index (χ4n) is 4.52. The van der Waals surface area contributed by atoms with Crippen molar-refractivity contribution in [1.29, 1.82) is 0 Å². The average molecular weight is 544 g/mol. The van der Waals surface area contributed by atoms with Gasteiger partial charge in [0, 0.05) is 10.9 Å². The first kappa shape index (κ1) is 28.3. The number of rotatable bonds is 4. The lowest BCUT2D eigenvalue weighted by Crippen LogP contribution is -2.41. The van der Waals surface area contributed by atoms with E-state index in [1.807, 2.05) is 34.6 Å². The molecule has 0 atom stereocenters. The molecular formula is C29H33BClF2NO4. The Morgan fingerprint density at radius 1 is 1.00 bits per heavy atom. The minimum absolute atomic E-state index is 0.210. The van der Waals surface area contributed by atoms with Crippen LogP contribution < -0.4 is 0 Å². The van der Waals surface area contributed by atoms with Gasteiger partial charge in [0.25, 0.3) is 0 Å². The predicted molar refractivity (Wildman–Crippen MR) is 148 cm³/mol. The highest BCUT2D eigenvalue weighted by atomic mass is 35.5. The summed E-state index contributed by atoms with van der Waals surface area (Å²) in [7, 11) is -0.911. The van der Waals surface area contributed by atoms with E-state index in [0.29, 0.717) is 39.6 Å². The maximum atomic E-state index is 14.4. The van der Waals surface area contributed by atoms with E-state index in [9.17, 15) is 13.6 Å². The Labute approximate surface area is 227 Å². The van der Waals surface area contributed by atoms with Gasteiger partial charge in [0.1, 0.15) is 17.2 Å². The summed E-state index contributed by atoms with van der Waals surface area (Å²) < 4.78 is 48.5. The molecule has 0 unspecified atom stereocenters. The van der Waals surface area contributed by atoms with E-state index in [1.165, 1.54) is 28.8 Å². The Morgan fingerprint density at radius 2 is 1.58 bits per heavy atom. The molecule has 0 N–H and O–H groups in total. The molecule has 1 saturated heterocycles. The number of hydrogen-bond acceptors (Lipinski definition) is 4. The molecule has 1 aliphatic rings. The van der Waals surface area contributed by atoms with E-state index >= 15 is 0 Å². The number of carbonyl (C=O) groups is 1. The number of ether oxygens (including phenoxy) is 1. The first-order valence-corrected chi connectivity index (χ1v) is 13.0. The molecule has 0 amide bonds. The molecule has 9 heteroatoms. The molecule has 3 aromatic rings. The molecule has 0 saturated carbocycles. The van der Waals surface area contributed by atoms with Crippen molar-refractivity contribution in [3.05, 3.63) is 70.4 Å². The van der Waals surface area contributed by atoms with Crippen molar-refractivity contribution in [3.63, 3.8) is 0 Å². The normalized spacial score (nSPS) is 17.6. The molecule has 0 aliphatic carbocycles. The van der Waals surface area contributed by atoms with Gasteiger partial charge in [-0.05, 0) is 102 Å². The number of fused-ring (bicyclic) bond motifs is 1. The second-order valence-corrected chi connectivity index (χ2v) is 11.9. The average Bonchev–Trinajstić information content (AvgIpc) is 3.23. The quantitative estimate of drug-likeness (QED) is 0.311. The summed E-state index contributed by atoms with van der Waals surface area (Å²) in [5, 5.41) is 0.837. The van der Waals surface area contributed by atoms with E-state index in [-0.39, 0.29) is 5.02 Å². The van der Waals surface area contributed by atoms with Crippen LogP contribution in [0.3, 0.4) is 0 Å². The second-order valence-electron chi connectivity index (χ2n) is 11.5. The summed E-state index contributed by atoms with van der Waals surface area (Å²) >= 11 is 6.54. The molecule has 202 valence electrons. The van der Waals surface area contributed by atoms with Gasteiger partial charge in [0.2, 0.25) is 0 Å². The van der Waals surface area contributed by atoms with Gasteiger partial charge in [-0.2, -0.15) is 0 Å². The summed E-state index contributed by atoms with van der Waals surface area (Å²) in [5.74, 6) is -0.963. The number of allylic oxidation sites excluding steroid dienone is 1. The van der Waals surface area contributed by atoms with E-state index in [1.54, 1.807) is 39.0 Å². The van der Waals surface area contributed by atoms with Gasteiger partial charge < -0.3 is 14.0 Å². The van der Waals surface area contributed by atoms with Crippen molar-refractivity contribution in [2.24, 2.45) is 0 Å². The predicted octanol–water partition coefficient (Wildman–Crippen LogP) is 8.31. The Balaban J connectivity index is 2.09. The minimum Gasteiger partial charge on any atom is -0.443 e. The number of hydrogen-bond donors (Lipinski definition) is 0. The Bertz CT molecular complexity index is 1420. The molecule has 0 radical (unpaired) electrons. The highest BCUT2D eigenvalue weighted by Gasteiger charge is 2.53. The molecular weight excluding hydrogens is 511 g/mol. The van der Waals surface area contributed by atoms with Gasteiger partial charge in [-0.3, -0.25) is 0 Å². The smallest absolute Gasteiger partial charge is 0.443 e. The zero-order valence-corrected chi connectivity index (χ0v) is 23.8. The van der Waals surface area contributed by atoms with Crippen LogP contribution in [0.5, 0.6) is 0 Å². The van der Waals surface area contributed by atoms with Crippen LogP contribution >= 0.6 is 11.6 Å². The number of aromatic nitrogens is 1. The van der Waals surface area contributed by atoms with Gasteiger partial charge in [-0.25, -0.2) is 18.1 Å². The van der Waals surface area contributed by atoms with Gasteiger partial charge >= 0.3 is 13.2 Å². The molecule has 1 aromatic heterocycles. The van der Waals surface area contributed by atoms with Gasteiger partial charge in [0.05, 0.1) is 27.4 Å². The summed E-state index contributed by atoms with van der Waals surface area (Å²) in [6, 6.07) is 10.2. The van der Waals surface area contributed by atoms with E-state index in [4.69, 9.17) is 25.6 Å². The monoisotopic (exact) mass is 543 g/mol. The third-order valence-corrected chi connectivity index (χ3v) is 7.36. The van der Waals surface area contributed by atoms with Crippen molar-refractivity contribution < 1.29 is 27.6 Å². The van der Waals surface area contributed by atoms with Crippen LogP contribution in [0.25, 0.3) is 21.9 Å². The number of nitrogens with zero attached hydrogens (tertiary/aromatic N) is 1. The standard InChI is InChI=1S/C29H33BClF2NO4/c1-9-20(21-13-12-18(32)15-22(21)31)25(30-37-28(5,6)29(7,8)38-30)24-14-17-10-11-19(33)16-23(17)34(24)26(35)36-27(2,3)4/h10-16H,9H2,1-8H3/b25-20-. The zero-order valence-electron chi connectivity index (χ0n) is 23.0. The Hall–Kier alpha value is -2.68. The summed E-state index contributed by atoms with van der Waals surface area (Å²) in [4.78, 5) is 13.6. The summed E-state index contributed by atoms with van der Waals surface area (Å²) in [6.45, 7) is 14.9. The number of halogens is 3.